The van der Waals surface area contributed by atoms with Crippen LogP contribution in [0.2, 0.25) is 10.6 Å². The van der Waals surface area contributed by atoms with E-state index < -0.39 is 0 Å². The van der Waals surface area contributed by atoms with Crippen LogP contribution in [0.25, 0.3) is 38.2 Å². The van der Waals surface area contributed by atoms with Crippen LogP contribution < -0.4 is 10.9 Å². The SMILES string of the molecule is O=c1c2cccc3cccc(c32)c2nc3ccc(CNc4nc(Cl)nc(Cl)n4)cc3n12. The highest BCUT2D eigenvalue weighted by Crippen LogP contribution is 2.29. The van der Waals surface area contributed by atoms with Crippen molar-refractivity contribution >= 4 is 67.4 Å². The third-order valence-corrected chi connectivity index (χ3v) is 5.67. The van der Waals surface area contributed by atoms with Crippen LogP contribution in [0.4, 0.5) is 5.95 Å². The van der Waals surface area contributed by atoms with Crippen molar-refractivity contribution < 1.29 is 0 Å². The quantitative estimate of drug-likeness (QED) is 0.424. The van der Waals surface area contributed by atoms with Gasteiger partial charge in [0, 0.05) is 22.7 Å². The molecule has 0 atom stereocenters. The topological polar surface area (TPSA) is 85.1 Å². The smallest absolute Gasteiger partial charge is 0.264 e. The minimum atomic E-state index is -0.0806. The van der Waals surface area contributed by atoms with E-state index in [2.05, 4.69) is 20.3 Å². The Balaban J connectivity index is 1.53. The summed E-state index contributed by atoms with van der Waals surface area (Å²) in [5, 5.41) is 6.72. The van der Waals surface area contributed by atoms with Crippen molar-refractivity contribution in [2.45, 2.75) is 6.54 Å². The van der Waals surface area contributed by atoms with Crippen LogP contribution in [0, 0.1) is 0 Å². The number of pyridine rings is 1. The second kappa shape index (κ2) is 6.73. The van der Waals surface area contributed by atoms with Crippen LogP contribution in [0.5, 0.6) is 0 Å². The standard InChI is InChI=1S/C22H12Cl2N6O/c23-20-27-21(24)29-22(28-20)25-10-11-7-8-15-16(9-11)30-18(26-15)13-5-1-3-12-4-2-6-14(17(12)13)19(30)31/h1-9H,10H2,(H,25,27,28,29). The summed E-state index contributed by atoms with van der Waals surface area (Å²) in [5.41, 5.74) is 3.00. The Bertz CT molecular complexity index is 1670. The van der Waals surface area contributed by atoms with Gasteiger partial charge in [-0.05, 0) is 52.4 Å². The van der Waals surface area contributed by atoms with Crippen molar-refractivity contribution in [1.29, 1.82) is 0 Å². The molecule has 0 aliphatic rings. The predicted molar refractivity (Wildman–Crippen MR) is 122 cm³/mol. The van der Waals surface area contributed by atoms with Gasteiger partial charge in [0.1, 0.15) is 5.65 Å². The molecule has 3 heterocycles. The van der Waals surface area contributed by atoms with E-state index >= 15 is 0 Å². The van der Waals surface area contributed by atoms with Gasteiger partial charge < -0.3 is 5.32 Å². The molecule has 6 aromatic rings. The molecule has 0 radical (unpaired) electrons. The monoisotopic (exact) mass is 446 g/mol. The molecule has 0 aliphatic carbocycles. The zero-order valence-electron chi connectivity index (χ0n) is 15.8. The van der Waals surface area contributed by atoms with E-state index in [0.717, 1.165) is 32.8 Å². The number of aromatic nitrogens is 5. The van der Waals surface area contributed by atoms with Crippen LogP contribution in [0.15, 0.2) is 59.4 Å². The number of rotatable bonds is 3. The third-order valence-electron chi connectivity index (χ3n) is 5.33. The van der Waals surface area contributed by atoms with Gasteiger partial charge in [0.15, 0.2) is 0 Å². The normalized spacial score (nSPS) is 11.8. The molecular weight excluding hydrogens is 435 g/mol. The molecular formula is C22H12Cl2N6O. The summed E-state index contributed by atoms with van der Waals surface area (Å²) in [7, 11) is 0. The number of hydrogen-bond donors (Lipinski definition) is 1. The molecule has 9 heteroatoms. The Morgan fingerprint density at radius 1 is 0.871 bits per heavy atom. The first kappa shape index (κ1) is 18.2. The largest absolute Gasteiger partial charge is 0.350 e. The molecule has 0 bridgehead atoms. The molecule has 0 saturated heterocycles. The predicted octanol–water partition coefficient (Wildman–Crippen LogP) is 4.70. The van der Waals surface area contributed by atoms with Crippen molar-refractivity contribution in [1.82, 2.24) is 24.3 Å². The third kappa shape index (κ3) is 2.85. The maximum absolute atomic E-state index is 13.4. The van der Waals surface area contributed by atoms with Gasteiger partial charge in [0.25, 0.3) is 5.56 Å². The number of nitrogens with one attached hydrogen (secondary N) is 1. The van der Waals surface area contributed by atoms with E-state index in [1.807, 2.05) is 54.6 Å². The second-order valence-electron chi connectivity index (χ2n) is 7.16. The summed E-state index contributed by atoms with van der Waals surface area (Å²) < 4.78 is 1.69. The summed E-state index contributed by atoms with van der Waals surface area (Å²) >= 11 is 11.7. The van der Waals surface area contributed by atoms with Crippen molar-refractivity contribution in [2.24, 2.45) is 0 Å². The van der Waals surface area contributed by atoms with Crippen molar-refractivity contribution in [3.63, 3.8) is 0 Å². The van der Waals surface area contributed by atoms with Gasteiger partial charge in [-0.25, -0.2) is 4.98 Å². The Hall–Kier alpha value is -3.55. The summed E-state index contributed by atoms with van der Waals surface area (Å²) in [4.78, 5) is 29.9. The molecule has 0 spiro atoms. The van der Waals surface area contributed by atoms with E-state index in [1.54, 1.807) is 4.40 Å². The fourth-order valence-electron chi connectivity index (χ4n) is 4.03. The van der Waals surface area contributed by atoms with Gasteiger partial charge in [0.2, 0.25) is 16.5 Å². The zero-order valence-corrected chi connectivity index (χ0v) is 17.3. The van der Waals surface area contributed by atoms with E-state index in [9.17, 15) is 4.79 Å². The summed E-state index contributed by atoms with van der Waals surface area (Å²) in [5.74, 6) is 0.275. The van der Waals surface area contributed by atoms with Crippen molar-refractivity contribution in [2.75, 3.05) is 5.32 Å². The summed E-state index contributed by atoms with van der Waals surface area (Å²) in [6, 6.07) is 17.6. The molecule has 3 aromatic carbocycles. The van der Waals surface area contributed by atoms with E-state index in [0.29, 0.717) is 17.6 Å². The van der Waals surface area contributed by atoms with Gasteiger partial charge in [-0.15, -0.1) is 0 Å². The molecule has 0 saturated carbocycles. The highest BCUT2D eigenvalue weighted by Gasteiger charge is 2.16. The lowest BCUT2D eigenvalue weighted by atomic mass is 10.0. The number of nitrogens with zero attached hydrogens (tertiary/aromatic N) is 5. The lowest BCUT2D eigenvalue weighted by molar-refractivity contribution is 1.00. The van der Waals surface area contributed by atoms with Crippen LogP contribution in [0.1, 0.15) is 5.56 Å². The first-order valence-electron chi connectivity index (χ1n) is 9.47. The fourth-order valence-corrected chi connectivity index (χ4v) is 4.39. The number of benzene rings is 3. The number of imidazole rings is 1. The molecule has 7 nitrogen and oxygen atoms in total. The number of halogens is 2. The highest BCUT2D eigenvalue weighted by atomic mass is 35.5. The number of anilines is 1. The molecule has 1 N–H and O–H groups in total. The lowest BCUT2D eigenvalue weighted by Crippen LogP contribution is -2.13. The fraction of sp³-hybridized carbons (Fsp3) is 0.0455. The Kier molecular flexibility index (Phi) is 3.96. The van der Waals surface area contributed by atoms with Crippen LogP contribution in [-0.4, -0.2) is 24.3 Å². The Morgan fingerprint density at radius 3 is 2.39 bits per heavy atom. The summed E-state index contributed by atoms with van der Waals surface area (Å²) in [6.45, 7) is 0.410. The van der Waals surface area contributed by atoms with Gasteiger partial charge in [-0.1, -0.05) is 36.4 Å². The van der Waals surface area contributed by atoms with Crippen LogP contribution >= 0.6 is 23.2 Å². The van der Waals surface area contributed by atoms with E-state index in [4.69, 9.17) is 28.2 Å². The van der Waals surface area contributed by atoms with Crippen molar-refractivity contribution in [3.05, 3.63) is 81.1 Å². The van der Waals surface area contributed by atoms with Gasteiger partial charge in [-0.2, -0.15) is 15.0 Å². The molecule has 150 valence electrons. The molecule has 0 unspecified atom stereocenters. The molecule has 0 aliphatic heterocycles. The molecule has 31 heavy (non-hydrogen) atoms. The second-order valence-corrected chi connectivity index (χ2v) is 7.84. The first-order valence-corrected chi connectivity index (χ1v) is 10.2. The van der Waals surface area contributed by atoms with Crippen LogP contribution in [-0.2, 0) is 6.54 Å². The maximum Gasteiger partial charge on any atom is 0.264 e. The number of hydrogen-bond acceptors (Lipinski definition) is 6. The lowest BCUT2D eigenvalue weighted by Gasteiger charge is -2.07. The Morgan fingerprint density at radius 2 is 1.61 bits per heavy atom. The van der Waals surface area contributed by atoms with Crippen LogP contribution in [0.3, 0.4) is 0 Å². The van der Waals surface area contributed by atoms with Crippen molar-refractivity contribution in [3.8, 4) is 0 Å². The Labute approximate surface area is 184 Å². The minimum absolute atomic E-state index is 0.0150. The average Bonchev–Trinajstić information content (AvgIpc) is 3.14. The molecule has 3 aromatic heterocycles. The van der Waals surface area contributed by atoms with Gasteiger partial charge >= 0.3 is 0 Å². The highest BCUT2D eigenvalue weighted by molar-refractivity contribution is 6.31. The average molecular weight is 447 g/mol. The first-order chi connectivity index (χ1) is 15.1. The van der Waals surface area contributed by atoms with E-state index in [-0.39, 0.29) is 22.1 Å². The molecule has 0 amide bonds. The van der Waals surface area contributed by atoms with Gasteiger partial charge in [0.05, 0.1) is 11.0 Å². The summed E-state index contributed by atoms with van der Waals surface area (Å²) in [6.07, 6.45) is 0. The molecule has 6 rings (SSSR count). The minimum Gasteiger partial charge on any atom is -0.350 e. The number of fused-ring (bicyclic) bond motifs is 4. The van der Waals surface area contributed by atoms with E-state index in [1.165, 1.54) is 0 Å². The van der Waals surface area contributed by atoms with Gasteiger partial charge in [-0.3, -0.25) is 9.20 Å². The molecule has 0 fully saturated rings. The zero-order chi connectivity index (χ0) is 21.1. The maximum atomic E-state index is 13.4.